The van der Waals surface area contributed by atoms with Crippen molar-refractivity contribution < 1.29 is 14.3 Å². The van der Waals surface area contributed by atoms with E-state index in [0.717, 1.165) is 0 Å². The molecule has 2 rings (SSSR count). The summed E-state index contributed by atoms with van der Waals surface area (Å²) in [4.78, 5) is 23.7. The van der Waals surface area contributed by atoms with Gasteiger partial charge in [0.25, 0.3) is 5.91 Å². The minimum absolute atomic E-state index is 0.0536. The lowest BCUT2D eigenvalue weighted by molar-refractivity contribution is 0.0953. The fraction of sp³-hybridized carbons (Fsp3) is 0.300. The molecule has 2 aromatic rings. The van der Waals surface area contributed by atoms with Crippen LogP contribution in [0.1, 0.15) is 36.7 Å². The van der Waals surface area contributed by atoms with Crippen LogP contribution in [0.3, 0.4) is 0 Å². The third kappa shape index (κ3) is 5.95. The van der Waals surface area contributed by atoms with Gasteiger partial charge in [0.2, 0.25) is 0 Å². The number of hydrogen-bond donors (Lipinski definition) is 2. The largest absolute Gasteiger partial charge is 0.412 e. The Labute approximate surface area is 148 Å². The highest BCUT2D eigenvalue weighted by molar-refractivity contribution is 5.94. The van der Waals surface area contributed by atoms with E-state index in [1.807, 2.05) is 30.3 Å². The molecule has 132 valence electrons. The van der Waals surface area contributed by atoms with Crippen molar-refractivity contribution in [2.75, 3.05) is 13.1 Å². The van der Waals surface area contributed by atoms with E-state index in [4.69, 9.17) is 4.74 Å². The van der Waals surface area contributed by atoms with Crippen molar-refractivity contribution in [1.82, 2.24) is 10.6 Å². The molecular weight excluding hydrogens is 316 g/mol. The second-order valence-corrected chi connectivity index (χ2v) is 6.71. The van der Waals surface area contributed by atoms with Crippen LogP contribution in [0.5, 0.6) is 5.75 Å². The van der Waals surface area contributed by atoms with Gasteiger partial charge in [-0.15, -0.1) is 0 Å². The molecule has 0 atom stereocenters. The minimum Gasteiger partial charge on any atom is -0.410 e. The molecule has 2 aromatic carbocycles. The summed E-state index contributed by atoms with van der Waals surface area (Å²) in [5.41, 5.74) is 1.83. The average molecular weight is 340 g/mol. The van der Waals surface area contributed by atoms with Crippen molar-refractivity contribution >= 4 is 12.0 Å². The average Bonchev–Trinajstić information content (AvgIpc) is 2.59. The van der Waals surface area contributed by atoms with Gasteiger partial charge in [0.15, 0.2) is 0 Å². The smallest absolute Gasteiger partial charge is 0.410 e. The van der Waals surface area contributed by atoms with Gasteiger partial charge in [0.05, 0.1) is 0 Å². The third-order valence-electron chi connectivity index (χ3n) is 3.65. The van der Waals surface area contributed by atoms with Crippen LogP contribution in [0.2, 0.25) is 0 Å². The van der Waals surface area contributed by atoms with Crippen LogP contribution in [0.25, 0.3) is 0 Å². The summed E-state index contributed by atoms with van der Waals surface area (Å²) in [6.45, 7) is 6.99. The van der Waals surface area contributed by atoms with Crippen molar-refractivity contribution in [2.45, 2.75) is 26.2 Å². The van der Waals surface area contributed by atoms with E-state index in [1.54, 1.807) is 24.3 Å². The van der Waals surface area contributed by atoms with Crippen LogP contribution in [-0.4, -0.2) is 25.1 Å². The van der Waals surface area contributed by atoms with Crippen LogP contribution in [0.15, 0.2) is 54.6 Å². The summed E-state index contributed by atoms with van der Waals surface area (Å²) < 4.78 is 5.09. The highest BCUT2D eigenvalue weighted by Crippen LogP contribution is 2.22. The van der Waals surface area contributed by atoms with Gasteiger partial charge in [-0.2, -0.15) is 0 Å². The second-order valence-electron chi connectivity index (χ2n) is 6.71. The fourth-order valence-corrected chi connectivity index (χ4v) is 2.20. The SMILES string of the molecule is CC(C)(C)c1ccc(C(=O)NCCNC(=O)Oc2ccccc2)cc1. The Bertz CT molecular complexity index is 704. The lowest BCUT2D eigenvalue weighted by Gasteiger charge is -2.19. The molecule has 0 saturated heterocycles. The lowest BCUT2D eigenvalue weighted by atomic mass is 9.87. The molecule has 0 fully saturated rings. The van der Waals surface area contributed by atoms with Crippen LogP contribution in [0.4, 0.5) is 4.79 Å². The zero-order valence-electron chi connectivity index (χ0n) is 14.8. The van der Waals surface area contributed by atoms with Crippen molar-refractivity contribution in [2.24, 2.45) is 0 Å². The van der Waals surface area contributed by atoms with Crippen molar-refractivity contribution in [3.8, 4) is 5.75 Å². The summed E-state index contributed by atoms with van der Waals surface area (Å²) in [7, 11) is 0. The van der Waals surface area contributed by atoms with E-state index in [9.17, 15) is 9.59 Å². The van der Waals surface area contributed by atoms with Gasteiger partial charge < -0.3 is 15.4 Å². The first kappa shape index (κ1) is 18.5. The van der Waals surface area contributed by atoms with Gasteiger partial charge in [-0.25, -0.2) is 4.79 Å². The van der Waals surface area contributed by atoms with E-state index >= 15 is 0 Å². The first-order chi connectivity index (χ1) is 11.9. The maximum absolute atomic E-state index is 12.1. The van der Waals surface area contributed by atoms with Crippen molar-refractivity contribution in [1.29, 1.82) is 0 Å². The number of benzene rings is 2. The molecule has 0 aliphatic heterocycles. The Morgan fingerprint density at radius 3 is 2.08 bits per heavy atom. The topological polar surface area (TPSA) is 67.4 Å². The third-order valence-corrected chi connectivity index (χ3v) is 3.65. The van der Waals surface area contributed by atoms with Gasteiger partial charge in [-0.3, -0.25) is 4.79 Å². The van der Waals surface area contributed by atoms with Gasteiger partial charge in [-0.05, 0) is 35.2 Å². The molecule has 25 heavy (non-hydrogen) atoms. The van der Waals surface area contributed by atoms with E-state index < -0.39 is 6.09 Å². The Morgan fingerprint density at radius 2 is 1.48 bits per heavy atom. The van der Waals surface area contributed by atoms with Gasteiger partial charge >= 0.3 is 6.09 Å². The number of ether oxygens (including phenoxy) is 1. The quantitative estimate of drug-likeness (QED) is 0.819. The van der Waals surface area contributed by atoms with E-state index in [1.165, 1.54) is 5.56 Å². The molecule has 0 aromatic heterocycles. The minimum atomic E-state index is -0.546. The zero-order valence-corrected chi connectivity index (χ0v) is 14.8. The molecule has 0 bridgehead atoms. The number of hydrogen-bond acceptors (Lipinski definition) is 3. The number of nitrogens with one attached hydrogen (secondary N) is 2. The summed E-state index contributed by atoms with van der Waals surface area (Å²) >= 11 is 0. The number of amides is 2. The van der Waals surface area contributed by atoms with Crippen LogP contribution in [0, 0.1) is 0 Å². The van der Waals surface area contributed by atoms with Crippen LogP contribution >= 0.6 is 0 Å². The summed E-state index contributed by atoms with van der Waals surface area (Å²) in [5, 5.41) is 5.36. The molecule has 0 spiro atoms. The molecule has 0 saturated carbocycles. The maximum Gasteiger partial charge on any atom is 0.412 e. The number of rotatable bonds is 5. The van der Waals surface area contributed by atoms with E-state index in [0.29, 0.717) is 17.9 Å². The molecule has 0 radical (unpaired) electrons. The monoisotopic (exact) mass is 340 g/mol. The normalized spacial score (nSPS) is 10.8. The Balaban J connectivity index is 1.72. The fourth-order valence-electron chi connectivity index (χ4n) is 2.20. The Morgan fingerprint density at radius 1 is 0.880 bits per heavy atom. The maximum atomic E-state index is 12.1. The predicted octanol–water partition coefficient (Wildman–Crippen LogP) is 3.50. The first-order valence-electron chi connectivity index (χ1n) is 8.26. The Hall–Kier alpha value is -2.82. The molecule has 0 unspecified atom stereocenters. The van der Waals surface area contributed by atoms with Gasteiger partial charge in [-0.1, -0.05) is 51.1 Å². The standard InChI is InChI=1S/C20H24N2O3/c1-20(2,3)16-11-9-15(10-12-16)18(23)21-13-14-22-19(24)25-17-7-5-4-6-8-17/h4-12H,13-14H2,1-3H3,(H,21,23)(H,22,24). The molecule has 5 nitrogen and oxygen atoms in total. The molecule has 2 N–H and O–H groups in total. The van der Waals surface area contributed by atoms with E-state index in [2.05, 4.69) is 31.4 Å². The summed E-state index contributed by atoms with van der Waals surface area (Å²) in [6, 6.07) is 16.4. The van der Waals surface area contributed by atoms with Gasteiger partial charge in [0, 0.05) is 18.7 Å². The van der Waals surface area contributed by atoms with Crippen LogP contribution < -0.4 is 15.4 Å². The number of carbonyl (C=O) groups is 2. The zero-order chi connectivity index (χ0) is 18.3. The molecule has 2 amide bonds. The van der Waals surface area contributed by atoms with Gasteiger partial charge in [0.1, 0.15) is 5.75 Å². The highest BCUT2D eigenvalue weighted by atomic mass is 16.6. The number of carbonyl (C=O) groups excluding carboxylic acids is 2. The summed E-state index contributed by atoms with van der Waals surface area (Å²) in [5.74, 6) is 0.307. The van der Waals surface area contributed by atoms with Crippen molar-refractivity contribution in [3.63, 3.8) is 0 Å². The molecule has 0 aliphatic carbocycles. The first-order valence-corrected chi connectivity index (χ1v) is 8.26. The Kier molecular flexibility index (Phi) is 6.17. The highest BCUT2D eigenvalue weighted by Gasteiger charge is 2.14. The molecule has 5 heteroatoms. The number of para-hydroxylation sites is 1. The van der Waals surface area contributed by atoms with E-state index in [-0.39, 0.29) is 17.9 Å². The molecular formula is C20H24N2O3. The van der Waals surface area contributed by atoms with Crippen LogP contribution in [-0.2, 0) is 5.41 Å². The predicted molar refractivity (Wildman–Crippen MR) is 97.9 cm³/mol. The molecule has 0 aliphatic rings. The second kappa shape index (κ2) is 8.33. The van der Waals surface area contributed by atoms with Crippen molar-refractivity contribution in [3.05, 3.63) is 65.7 Å². The summed E-state index contributed by atoms with van der Waals surface area (Å²) in [6.07, 6.45) is -0.546. The molecule has 0 heterocycles. The lowest BCUT2D eigenvalue weighted by Crippen LogP contribution is -2.36.